The van der Waals surface area contributed by atoms with Gasteiger partial charge in [-0.05, 0) is 46.1 Å². The van der Waals surface area contributed by atoms with Crippen LogP contribution in [-0.2, 0) is 4.79 Å². The van der Waals surface area contributed by atoms with Crippen LogP contribution in [0.3, 0.4) is 0 Å². The van der Waals surface area contributed by atoms with E-state index < -0.39 is 0 Å². The predicted molar refractivity (Wildman–Crippen MR) is 57.8 cm³/mol. The first-order valence-electron chi connectivity index (χ1n) is 5.23. The molecule has 1 saturated heterocycles. The van der Waals surface area contributed by atoms with Crippen LogP contribution < -0.4 is 0 Å². The number of amides is 1. The van der Waals surface area contributed by atoms with Gasteiger partial charge < -0.3 is 9.80 Å². The highest BCUT2D eigenvalue weighted by Crippen LogP contribution is 2.22. The van der Waals surface area contributed by atoms with Gasteiger partial charge in [0.15, 0.2) is 0 Å². The summed E-state index contributed by atoms with van der Waals surface area (Å²) in [6.07, 6.45) is 4.77. The minimum Gasteiger partial charge on any atom is -0.319 e. The first-order chi connectivity index (χ1) is 6.65. The van der Waals surface area contributed by atoms with Crippen molar-refractivity contribution in [2.45, 2.75) is 19.3 Å². The quantitative estimate of drug-likeness (QED) is 0.662. The van der Waals surface area contributed by atoms with E-state index in [0.717, 1.165) is 32.4 Å². The highest BCUT2D eigenvalue weighted by molar-refractivity contribution is 5.81. The van der Waals surface area contributed by atoms with Gasteiger partial charge in [-0.2, -0.15) is 0 Å². The number of likely N-dealkylation sites (tertiary alicyclic amines) is 1. The first kappa shape index (κ1) is 11.2. The second-order valence-electron chi connectivity index (χ2n) is 4.15. The van der Waals surface area contributed by atoms with Crippen LogP contribution in [0, 0.1) is 5.92 Å². The van der Waals surface area contributed by atoms with Crippen molar-refractivity contribution in [2.24, 2.45) is 5.92 Å². The third-order valence-electron chi connectivity index (χ3n) is 2.73. The molecule has 0 aromatic carbocycles. The van der Waals surface area contributed by atoms with Crippen molar-refractivity contribution in [2.75, 3.05) is 27.2 Å². The number of hydrogen-bond acceptors (Lipinski definition) is 2. The van der Waals surface area contributed by atoms with Crippen molar-refractivity contribution >= 4 is 5.91 Å². The Morgan fingerprint density at radius 3 is 2.86 bits per heavy atom. The van der Waals surface area contributed by atoms with E-state index >= 15 is 0 Å². The minimum atomic E-state index is 0.243. The normalized spacial score (nSPS) is 22.1. The Kier molecular flexibility index (Phi) is 4.14. The zero-order valence-corrected chi connectivity index (χ0v) is 9.20. The maximum Gasteiger partial charge on any atom is 0.229 e. The van der Waals surface area contributed by atoms with Gasteiger partial charge in [0, 0.05) is 12.5 Å². The number of rotatable bonds is 5. The molecule has 1 rings (SSSR count). The molecule has 14 heavy (non-hydrogen) atoms. The summed E-state index contributed by atoms with van der Waals surface area (Å²) in [6.45, 7) is 5.56. The van der Waals surface area contributed by atoms with Crippen LogP contribution in [0.5, 0.6) is 0 Å². The molecule has 80 valence electrons. The molecule has 0 aliphatic carbocycles. The van der Waals surface area contributed by atoms with Gasteiger partial charge in [-0.1, -0.05) is 6.58 Å². The number of carbonyl (C=O) groups excluding carboxylic acids is 1. The van der Waals surface area contributed by atoms with Gasteiger partial charge in [0.05, 0.1) is 0 Å². The molecule has 1 aliphatic rings. The molecule has 3 nitrogen and oxygen atoms in total. The first-order valence-corrected chi connectivity index (χ1v) is 5.23. The molecule has 1 unspecified atom stereocenters. The van der Waals surface area contributed by atoms with Gasteiger partial charge in [0.1, 0.15) is 0 Å². The average Bonchev–Trinajstić information content (AvgIpc) is 2.47. The van der Waals surface area contributed by atoms with Crippen LogP contribution in [0.1, 0.15) is 19.3 Å². The van der Waals surface area contributed by atoms with Crippen LogP contribution in [0.15, 0.2) is 12.8 Å². The number of carbonyl (C=O) groups is 1. The lowest BCUT2D eigenvalue weighted by atomic mass is 10.0. The van der Waals surface area contributed by atoms with Crippen molar-refractivity contribution < 1.29 is 4.79 Å². The summed E-state index contributed by atoms with van der Waals surface area (Å²) in [6, 6.07) is 0. The summed E-state index contributed by atoms with van der Waals surface area (Å²) in [4.78, 5) is 15.5. The molecule has 0 spiro atoms. The Morgan fingerprint density at radius 2 is 2.36 bits per heavy atom. The summed E-state index contributed by atoms with van der Waals surface area (Å²) < 4.78 is 0. The maximum atomic E-state index is 11.7. The summed E-state index contributed by atoms with van der Waals surface area (Å²) in [5.41, 5.74) is 0. The molecule has 0 aromatic heterocycles. The fourth-order valence-electron chi connectivity index (χ4n) is 1.87. The van der Waals surface area contributed by atoms with Crippen LogP contribution in [0.25, 0.3) is 0 Å². The third-order valence-corrected chi connectivity index (χ3v) is 2.73. The SMILES string of the molecule is C=CN1CCC(CCCN(C)C)C1=O. The van der Waals surface area contributed by atoms with Crippen LogP contribution >= 0.6 is 0 Å². The van der Waals surface area contributed by atoms with Crippen molar-refractivity contribution in [3.8, 4) is 0 Å². The summed E-state index contributed by atoms with van der Waals surface area (Å²) >= 11 is 0. The fourth-order valence-corrected chi connectivity index (χ4v) is 1.87. The molecule has 3 heteroatoms. The Bertz CT molecular complexity index is 213. The molecule has 1 heterocycles. The topological polar surface area (TPSA) is 23.6 Å². The van der Waals surface area contributed by atoms with E-state index in [4.69, 9.17) is 0 Å². The van der Waals surface area contributed by atoms with E-state index in [-0.39, 0.29) is 11.8 Å². The van der Waals surface area contributed by atoms with E-state index in [1.54, 1.807) is 11.1 Å². The van der Waals surface area contributed by atoms with E-state index in [1.165, 1.54) is 0 Å². The molecule has 0 N–H and O–H groups in total. The lowest BCUT2D eigenvalue weighted by Crippen LogP contribution is -2.22. The van der Waals surface area contributed by atoms with Crippen molar-refractivity contribution in [3.63, 3.8) is 0 Å². The highest BCUT2D eigenvalue weighted by atomic mass is 16.2. The molecular weight excluding hydrogens is 176 g/mol. The molecule has 1 amide bonds. The molecule has 1 atom stereocenters. The lowest BCUT2D eigenvalue weighted by Gasteiger charge is -2.12. The summed E-state index contributed by atoms with van der Waals surface area (Å²) in [5.74, 6) is 0.506. The van der Waals surface area contributed by atoms with Gasteiger partial charge in [-0.3, -0.25) is 4.79 Å². The van der Waals surface area contributed by atoms with Gasteiger partial charge in [-0.15, -0.1) is 0 Å². The van der Waals surface area contributed by atoms with Gasteiger partial charge in [0.2, 0.25) is 5.91 Å². The van der Waals surface area contributed by atoms with Crippen molar-refractivity contribution in [3.05, 3.63) is 12.8 Å². The van der Waals surface area contributed by atoms with Crippen molar-refractivity contribution in [1.82, 2.24) is 9.80 Å². The van der Waals surface area contributed by atoms with Crippen LogP contribution in [0.2, 0.25) is 0 Å². The minimum absolute atomic E-state index is 0.243. The second-order valence-corrected chi connectivity index (χ2v) is 4.15. The summed E-state index contributed by atoms with van der Waals surface area (Å²) in [7, 11) is 4.12. The van der Waals surface area contributed by atoms with E-state index in [0.29, 0.717) is 0 Å². The average molecular weight is 196 g/mol. The zero-order chi connectivity index (χ0) is 10.6. The van der Waals surface area contributed by atoms with E-state index in [2.05, 4.69) is 25.6 Å². The molecule has 0 saturated carbocycles. The molecule has 1 aliphatic heterocycles. The Hall–Kier alpha value is -0.830. The highest BCUT2D eigenvalue weighted by Gasteiger charge is 2.29. The number of hydrogen-bond donors (Lipinski definition) is 0. The van der Waals surface area contributed by atoms with Gasteiger partial charge in [-0.25, -0.2) is 0 Å². The largest absolute Gasteiger partial charge is 0.319 e. The van der Waals surface area contributed by atoms with Gasteiger partial charge >= 0.3 is 0 Å². The molecule has 0 radical (unpaired) electrons. The van der Waals surface area contributed by atoms with Crippen molar-refractivity contribution in [1.29, 1.82) is 0 Å². The number of nitrogens with zero attached hydrogens (tertiary/aromatic N) is 2. The Labute approximate surface area is 86.4 Å². The predicted octanol–water partition coefficient (Wildman–Crippen LogP) is 1.32. The molecule has 0 bridgehead atoms. The third kappa shape index (κ3) is 2.84. The van der Waals surface area contributed by atoms with Gasteiger partial charge in [0.25, 0.3) is 0 Å². The Morgan fingerprint density at radius 1 is 1.64 bits per heavy atom. The molecule has 1 fully saturated rings. The smallest absolute Gasteiger partial charge is 0.229 e. The molecular formula is C11H20N2O. The fraction of sp³-hybridized carbons (Fsp3) is 0.727. The lowest BCUT2D eigenvalue weighted by molar-refractivity contribution is -0.128. The second kappa shape index (κ2) is 5.15. The Balaban J connectivity index is 2.26. The maximum absolute atomic E-state index is 11.7. The van der Waals surface area contributed by atoms with Crippen LogP contribution in [0.4, 0.5) is 0 Å². The summed E-state index contributed by atoms with van der Waals surface area (Å²) in [5, 5.41) is 0. The van der Waals surface area contributed by atoms with E-state index in [9.17, 15) is 4.79 Å². The molecule has 0 aromatic rings. The van der Waals surface area contributed by atoms with E-state index in [1.807, 2.05) is 0 Å². The zero-order valence-electron chi connectivity index (χ0n) is 9.20. The van der Waals surface area contributed by atoms with Crippen LogP contribution in [-0.4, -0.2) is 42.9 Å². The monoisotopic (exact) mass is 196 g/mol. The standard InChI is InChI=1S/C11H20N2O/c1-4-13-9-7-10(11(13)14)6-5-8-12(2)3/h4,10H,1,5-9H2,2-3H3.